The van der Waals surface area contributed by atoms with Gasteiger partial charge >= 0.3 is 0 Å². The lowest BCUT2D eigenvalue weighted by Crippen LogP contribution is -2.25. The molecule has 3 rings (SSSR count). The fourth-order valence-corrected chi connectivity index (χ4v) is 2.88. The van der Waals surface area contributed by atoms with Crippen molar-refractivity contribution < 1.29 is 15.3 Å². The largest absolute Gasteiger partial charge is 0.508 e. The number of rotatable bonds is 3. The first-order valence-corrected chi connectivity index (χ1v) is 10.4. The summed E-state index contributed by atoms with van der Waals surface area (Å²) in [6.07, 6.45) is 0. The molecule has 0 fully saturated rings. The lowest BCUT2D eigenvalue weighted by Gasteiger charge is -2.32. The van der Waals surface area contributed by atoms with E-state index in [9.17, 15) is 15.3 Å². The van der Waals surface area contributed by atoms with Gasteiger partial charge in [-0.2, -0.15) is 0 Å². The Balaban J connectivity index is 0.00000120. The average molecular weight is 397 g/mol. The second-order valence-corrected chi connectivity index (χ2v) is 5.77. The Morgan fingerprint density at radius 1 is 0.414 bits per heavy atom. The lowest BCUT2D eigenvalue weighted by molar-refractivity contribution is 0.474. The molecule has 0 bridgehead atoms. The molecule has 0 saturated carbocycles. The van der Waals surface area contributed by atoms with Crippen LogP contribution in [0.5, 0.6) is 17.2 Å². The molecule has 0 aliphatic carbocycles. The highest BCUT2D eigenvalue weighted by molar-refractivity contribution is 5.51. The molecule has 0 saturated heterocycles. The maximum absolute atomic E-state index is 9.57. The van der Waals surface area contributed by atoms with Gasteiger partial charge in [0, 0.05) is 5.41 Å². The SMILES string of the molecule is CC.CC.CC.CC(c1ccc(O)cc1)(c1ccc(O)cc1)c1ccc(O)cc1. The van der Waals surface area contributed by atoms with Crippen LogP contribution in [0.2, 0.25) is 0 Å². The minimum atomic E-state index is -0.477. The summed E-state index contributed by atoms with van der Waals surface area (Å²) in [6.45, 7) is 14.1. The van der Waals surface area contributed by atoms with Crippen LogP contribution in [-0.4, -0.2) is 15.3 Å². The van der Waals surface area contributed by atoms with E-state index in [0.717, 1.165) is 16.7 Å². The van der Waals surface area contributed by atoms with Gasteiger partial charge in [-0.1, -0.05) is 77.9 Å². The molecule has 3 nitrogen and oxygen atoms in total. The molecule has 0 spiro atoms. The first-order valence-electron chi connectivity index (χ1n) is 10.4. The second kappa shape index (κ2) is 13.3. The second-order valence-electron chi connectivity index (χ2n) is 5.77. The van der Waals surface area contributed by atoms with E-state index >= 15 is 0 Å². The van der Waals surface area contributed by atoms with Crippen LogP contribution in [0.3, 0.4) is 0 Å². The van der Waals surface area contributed by atoms with E-state index in [4.69, 9.17) is 0 Å². The topological polar surface area (TPSA) is 60.7 Å². The van der Waals surface area contributed by atoms with Crippen molar-refractivity contribution in [3.8, 4) is 17.2 Å². The van der Waals surface area contributed by atoms with Gasteiger partial charge in [0.1, 0.15) is 17.2 Å². The highest BCUT2D eigenvalue weighted by atomic mass is 16.3. The summed E-state index contributed by atoms with van der Waals surface area (Å²) in [6, 6.07) is 21.3. The van der Waals surface area contributed by atoms with Crippen molar-refractivity contribution in [2.24, 2.45) is 0 Å². The molecule has 3 aromatic rings. The molecule has 29 heavy (non-hydrogen) atoms. The van der Waals surface area contributed by atoms with E-state index < -0.39 is 5.41 Å². The molecule has 158 valence electrons. The third-order valence-electron chi connectivity index (χ3n) is 4.33. The van der Waals surface area contributed by atoms with Crippen molar-refractivity contribution >= 4 is 0 Å². The van der Waals surface area contributed by atoms with Gasteiger partial charge in [-0.15, -0.1) is 0 Å². The van der Waals surface area contributed by atoms with Gasteiger partial charge in [0.25, 0.3) is 0 Å². The molecule has 0 heterocycles. The average Bonchev–Trinajstić information content (AvgIpc) is 2.79. The van der Waals surface area contributed by atoms with Crippen LogP contribution >= 0.6 is 0 Å². The molecule has 0 unspecified atom stereocenters. The predicted octanol–water partition coefficient (Wildman–Crippen LogP) is 7.24. The Kier molecular flexibility index (Phi) is 11.9. The number of hydrogen-bond donors (Lipinski definition) is 3. The van der Waals surface area contributed by atoms with Gasteiger partial charge < -0.3 is 15.3 Å². The molecular formula is C26H36O3. The number of aromatic hydroxyl groups is 3. The number of phenolic OH excluding ortho intramolecular Hbond substituents is 3. The molecule has 0 radical (unpaired) electrons. The van der Waals surface area contributed by atoms with Crippen LogP contribution in [0.25, 0.3) is 0 Å². The van der Waals surface area contributed by atoms with Crippen LogP contribution in [0.1, 0.15) is 65.2 Å². The maximum Gasteiger partial charge on any atom is 0.115 e. The van der Waals surface area contributed by atoms with E-state index in [-0.39, 0.29) is 17.2 Å². The molecule has 0 aromatic heterocycles. The molecular weight excluding hydrogens is 360 g/mol. The Morgan fingerprint density at radius 3 is 0.759 bits per heavy atom. The number of benzene rings is 3. The minimum Gasteiger partial charge on any atom is -0.508 e. The van der Waals surface area contributed by atoms with Crippen molar-refractivity contribution in [2.45, 2.75) is 53.9 Å². The summed E-state index contributed by atoms with van der Waals surface area (Å²) in [7, 11) is 0. The Bertz CT molecular complexity index is 678. The van der Waals surface area contributed by atoms with E-state index in [1.807, 2.05) is 77.9 Å². The predicted molar refractivity (Wildman–Crippen MR) is 124 cm³/mol. The standard InChI is InChI=1S/C20H18O3.3C2H6/c1-20(14-2-8-17(21)9-3-14,15-4-10-18(22)11-5-15)16-6-12-19(23)13-7-16;3*1-2/h2-13,21-23H,1H3;3*1-2H3. The van der Waals surface area contributed by atoms with E-state index in [0.29, 0.717) is 0 Å². The van der Waals surface area contributed by atoms with Gasteiger partial charge in [-0.05, 0) is 60.0 Å². The third kappa shape index (κ3) is 6.56. The fourth-order valence-electron chi connectivity index (χ4n) is 2.88. The van der Waals surface area contributed by atoms with Crippen LogP contribution < -0.4 is 0 Å². The van der Waals surface area contributed by atoms with Crippen molar-refractivity contribution in [2.75, 3.05) is 0 Å². The minimum absolute atomic E-state index is 0.215. The van der Waals surface area contributed by atoms with Crippen LogP contribution in [0.4, 0.5) is 0 Å². The van der Waals surface area contributed by atoms with Gasteiger partial charge in [0.2, 0.25) is 0 Å². The summed E-state index contributed by atoms with van der Waals surface area (Å²) in [5.41, 5.74) is 2.54. The molecule has 0 atom stereocenters. The Morgan fingerprint density at radius 2 is 0.586 bits per heavy atom. The fraction of sp³-hybridized carbons (Fsp3) is 0.308. The van der Waals surface area contributed by atoms with E-state index in [2.05, 4.69) is 6.92 Å². The van der Waals surface area contributed by atoms with Crippen LogP contribution in [-0.2, 0) is 5.41 Å². The molecule has 3 aromatic carbocycles. The van der Waals surface area contributed by atoms with Gasteiger partial charge in [0.05, 0.1) is 0 Å². The first-order chi connectivity index (χ1) is 14.0. The zero-order valence-corrected chi connectivity index (χ0v) is 18.8. The molecule has 0 aliphatic rings. The molecule has 3 heteroatoms. The lowest BCUT2D eigenvalue weighted by atomic mass is 9.71. The highest BCUT2D eigenvalue weighted by Gasteiger charge is 2.31. The Hall–Kier alpha value is -2.94. The van der Waals surface area contributed by atoms with Crippen molar-refractivity contribution in [3.05, 3.63) is 89.5 Å². The zero-order valence-electron chi connectivity index (χ0n) is 18.8. The smallest absolute Gasteiger partial charge is 0.115 e. The molecule has 0 aliphatic heterocycles. The van der Waals surface area contributed by atoms with E-state index in [1.165, 1.54) is 0 Å². The van der Waals surface area contributed by atoms with Crippen molar-refractivity contribution in [1.82, 2.24) is 0 Å². The number of phenols is 3. The summed E-state index contributed by atoms with van der Waals surface area (Å²) in [5.74, 6) is 0.646. The van der Waals surface area contributed by atoms with Gasteiger partial charge in [-0.3, -0.25) is 0 Å². The van der Waals surface area contributed by atoms with Gasteiger partial charge in [0.15, 0.2) is 0 Å². The maximum atomic E-state index is 9.57. The van der Waals surface area contributed by atoms with Crippen molar-refractivity contribution in [3.63, 3.8) is 0 Å². The highest BCUT2D eigenvalue weighted by Crippen LogP contribution is 2.40. The molecule has 3 N–H and O–H groups in total. The zero-order chi connectivity index (χ0) is 22.4. The summed E-state index contributed by atoms with van der Waals surface area (Å²) in [5, 5.41) is 28.7. The van der Waals surface area contributed by atoms with E-state index in [1.54, 1.807) is 36.4 Å². The summed E-state index contributed by atoms with van der Waals surface area (Å²) in [4.78, 5) is 0. The number of hydrogen-bond acceptors (Lipinski definition) is 3. The third-order valence-corrected chi connectivity index (χ3v) is 4.33. The normalized spacial score (nSPS) is 9.62. The monoisotopic (exact) mass is 396 g/mol. The quantitative estimate of drug-likeness (QED) is 0.409. The summed E-state index contributed by atoms with van der Waals surface area (Å²) >= 11 is 0. The van der Waals surface area contributed by atoms with Crippen molar-refractivity contribution in [1.29, 1.82) is 0 Å². The van der Waals surface area contributed by atoms with Gasteiger partial charge in [-0.25, -0.2) is 0 Å². The first kappa shape index (κ1) is 26.1. The summed E-state index contributed by atoms with van der Waals surface area (Å²) < 4.78 is 0. The Labute approximate surface area is 176 Å². The van der Waals surface area contributed by atoms with Crippen LogP contribution in [0, 0.1) is 0 Å². The molecule has 0 amide bonds. The van der Waals surface area contributed by atoms with Crippen LogP contribution in [0.15, 0.2) is 72.8 Å².